The van der Waals surface area contributed by atoms with Crippen molar-refractivity contribution in [1.29, 1.82) is 0 Å². The van der Waals surface area contributed by atoms with Crippen LogP contribution in [0.5, 0.6) is 0 Å². The Morgan fingerprint density at radius 1 is 1.17 bits per heavy atom. The fraction of sp³-hybridized carbons (Fsp3) is 0.353. The first-order valence-corrected chi connectivity index (χ1v) is 8.65. The van der Waals surface area contributed by atoms with Crippen molar-refractivity contribution in [3.8, 4) is 0 Å². The van der Waals surface area contributed by atoms with E-state index >= 15 is 0 Å². The van der Waals surface area contributed by atoms with Gasteiger partial charge in [-0.05, 0) is 38.0 Å². The molecule has 1 aromatic carbocycles. The standard InChI is InChI=1S/C17H18Cl2N4O/c1-10-20-15(17(24)22-12-4-2-3-5-12)9-16(21-10)23-14-8-11(18)6-7-13(14)19/h6-9,12H,2-5H2,1H3,(H,22,24)(H,20,21,23). The Kier molecular flexibility index (Phi) is 5.21. The van der Waals surface area contributed by atoms with E-state index < -0.39 is 0 Å². The predicted octanol–water partition coefficient (Wildman–Crippen LogP) is 4.51. The summed E-state index contributed by atoms with van der Waals surface area (Å²) in [7, 11) is 0. The van der Waals surface area contributed by atoms with Gasteiger partial charge in [0.2, 0.25) is 0 Å². The Morgan fingerprint density at radius 2 is 1.92 bits per heavy atom. The van der Waals surface area contributed by atoms with Gasteiger partial charge in [-0.1, -0.05) is 36.0 Å². The van der Waals surface area contributed by atoms with E-state index in [1.54, 1.807) is 31.2 Å². The third-order valence-corrected chi connectivity index (χ3v) is 4.52. The van der Waals surface area contributed by atoms with Crippen LogP contribution in [0.25, 0.3) is 0 Å². The zero-order chi connectivity index (χ0) is 17.1. The van der Waals surface area contributed by atoms with E-state index in [1.165, 1.54) is 0 Å². The number of amides is 1. The molecule has 1 aromatic heterocycles. The number of aryl methyl sites for hydroxylation is 1. The highest BCUT2D eigenvalue weighted by atomic mass is 35.5. The molecule has 2 N–H and O–H groups in total. The summed E-state index contributed by atoms with van der Waals surface area (Å²) in [5.74, 6) is 0.839. The molecule has 0 atom stereocenters. The largest absolute Gasteiger partial charge is 0.348 e. The maximum atomic E-state index is 12.4. The number of carbonyl (C=O) groups excluding carboxylic acids is 1. The maximum absolute atomic E-state index is 12.4. The second kappa shape index (κ2) is 7.36. The van der Waals surface area contributed by atoms with Gasteiger partial charge in [0.05, 0.1) is 10.7 Å². The Morgan fingerprint density at radius 3 is 2.67 bits per heavy atom. The SMILES string of the molecule is Cc1nc(Nc2cc(Cl)ccc2Cl)cc(C(=O)NC2CCCC2)n1. The summed E-state index contributed by atoms with van der Waals surface area (Å²) in [5.41, 5.74) is 0.972. The van der Waals surface area contributed by atoms with Crippen molar-refractivity contribution in [2.45, 2.75) is 38.6 Å². The Labute approximate surface area is 150 Å². The van der Waals surface area contributed by atoms with E-state index in [0.717, 1.165) is 25.7 Å². The highest BCUT2D eigenvalue weighted by Crippen LogP contribution is 2.28. The van der Waals surface area contributed by atoms with Crippen LogP contribution in [0.3, 0.4) is 0 Å². The second-order valence-electron chi connectivity index (χ2n) is 5.89. The molecular formula is C17H18Cl2N4O. The van der Waals surface area contributed by atoms with Crippen LogP contribution in [0.2, 0.25) is 10.0 Å². The number of nitrogens with one attached hydrogen (secondary N) is 2. The monoisotopic (exact) mass is 364 g/mol. The van der Waals surface area contributed by atoms with Crippen molar-refractivity contribution in [3.05, 3.63) is 45.8 Å². The summed E-state index contributed by atoms with van der Waals surface area (Å²) in [4.78, 5) is 20.9. The molecule has 0 radical (unpaired) electrons. The van der Waals surface area contributed by atoms with E-state index in [2.05, 4.69) is 20.6 Å². The lowest BCUT2D eigenvalue weighted by molar-refractivity contribution is 0.0932. The lowest BCUT2D eigenvalue weighted by Crippen LogP contribution is -2.33. The average molecular weight is 365 g/mol. The van der Waals surface area contributed by atoms with Crippen molar-refractivity contribution in [2.24, 2.45) is 0 Å². The molecule has 5 nitrogen and oxygen atoms in total. The fourth-order valence-electron chi connectivity index (χ4n) is 2.81. The Balaban J connectivity index is 1.80. The molecule has 0 saturated heterocycles. The molecule has 1 saturated carbocycles. The van der Waals surface area contributed by atoms with E-state index in [1.807, 2.05) is 0 Å². The molecule has 1 aliphatic rings. The summed E-state index contributed by atoms with van der Waals surface area (Å²) < 4.78 is 0. The summed E-state index contributed by atoms with van der Waals surface area (Å²) in [6.45, 7) is 1.75. The molecule has 0 aliphatic heterocycles. The average Bonchev–Trinajstić information content (AvgIpc) is 3.03. The number of anilines is 2. The molecule has 0 bridgehead atoms. The van der Waals surface area contributed by atoms with E-state index in [9.17, 15) is 4.79 Å². The van der Waals surface area contributed by atoms with E-state index in [0.29, 0.717) is 33.1 Å². The maximum Gasteiger partial charge on any atom is 0.270 e. The van der Waals surface area contributed by atoms with Crippen LogP contribution < -0.4 is 10.6 Å². The van der Waals surface area contributed by atoms with Crippen molar-refractivity contribution >= 4 is 40.6 Å². The number of nitrogens with zero attached hydrogens (tertiary/aromatic N) is 2. The number of hydrogen-bond donors (Lipinski definition) is 2. The van der Waals surface area contributed by atoms with Gasteiger partial charge >= 0.3 is 0 Å². The number of hydrogen-bond acceptors (Lipinski definition) is 4. The van der Waals surface area contributed by atoms with Crippen LogP contribution in [0.4, 0.5) is 11.5 Å². The molecule has 126 valence electrons. The number of carbonyl (C=O) groups is 1. The fourth-order valence-corrected chi connectivity index (χ4v) is 3.15. The van der Waals surface area contributed by atoms with Gasteiger partial charge in [0, 0.05) is 17.1 Å². The van der Waals surface area contributed by atoms with Crippen LogP contribution in [-0.2, 0) is 0 Å². The normalized spacial score (nSPS) is 14.6. The van der Waals surface area contributed by atoms with Gasteiger partial charge in [-0.2, -0.15) is 0 Å². The molecule has 1 amide bonds. The van der Waals surface area contributed by atoms with Gasteiger partial charge in [0.15, 0.2) is 0 Å². The highest BCUT2D eigenvalue weighted by molar-refractivity contribution is 6.35. The van der Waals surface area contributed by atoms with Crippen LogP contribution in [0.15, 0.2) is 24.3 Å². The molecule has 0 spiro atoms. The number of halogens is 2. The molecule has 1 heterocycles. The first-order valence-electron chi connectivity index (χ1n) is 7.90. The summed E-state index contributed by atoms with van der Waals surface area (Å²) >= 11 is 12.2. The zero-order valence-electron chi connectivity index (χ0n) is 13.3. The minimum Gasteiger partial charge on any atom is -0.348 e. The quantitative estimate of drug-likeness (QED) is 0.837. The topological polar surface area (TPSA) is 66.9 Å². The number of benzene rings is 1. The predicted molar refractivity (Wildman–Crippen MR) is 96.2 cm³/mol. The van der Waals surface area contributed by atoms with Crippen molar-refractivity contribution < 1.29 is 4.79 Å². The molecule has 1 aliphatic carbocycles. The van der Waals surface area contributed by atoms with Gasteiger partial charge in [0.25, 0.3) is 5.91 Å². The zero-order valence-corrected chi connectivity index (χ0v) is 14.8. The number of aromatic nitrogens is 2. The van der Waals surface area contributed by atoms with Crippen LogP contribution in [0.1, 0.15) is 42.0 Å². The summed E-state index contributed by atoms with van der Waals surface area (Å²) in [6, 6.07) is 6.98. The molecule has 3 rings (SSSR count). The first-order chi connectivity index (χ1) is 11.5. The lowest BCUT2D eigenvalue weighted by atomic mass is 10.2. The minimum absolute atomic E-state index is 0.173. The molecule has 7 heteroatoms. The summed E-state index contributed by atoms with van der Waals surface area (Å²) in [5, 5.41) is 7.21. The molecule has 1 fully saturated rings. The first kappa shape index (κ1) is 17.0. The Bertz CT molecular complexity index is 760. The molecular weight excluding hydrogens is 347 g/mol. The van der Waals surface area contributed by atoms with Gasteiger partial charge in [0.1, 0.15) is 17.3 Å². The third kappa shape index (κ3) is 4.16. The van der Waals surface area contributed by atoms with Crippen molar-refractivity contribution in [3.63, 3.8) is 0 Å². The van der Waals surface area contributed by atoms with Gasteiger partial charge in [-0.3, -0.25) is 4.79 Å². The van der Waals surface area contributed by atoms with Crippen LogP contribution in [0, 0.1) is 6.92 Å². The van der Waals surface area contributed by atoms with Crippen molar-refractivity contribution in [2.75, 3.05) is 5.32 Å². The summed E-state index contributed by atoms with van der Waals surface area (Å²) in [6.07, 6.45) is 4.37. The number of rotatable bonds is 4. The lowest BCUT2D eigenvalue weighted by Gasteiger charge is -2.13. The Hall–Kier alpha value is -1.85. The van der Waals surface area contributed by atoms with E-state index in [-0.39, 0.29) is 11.9 Å². The van der Waals surface area contributed by atoms with Gasteiger partial charge in [-0.15, -0.1) is 0 Å². The van der Waals surface area contributed by atoms with Gasteiger partial charge in [-0.25, -0.2) is 9.97 Å². The smallest absolute Gasteiger partial charge is 0.270 e. The minimum atomic E-state index is -0.173. The molecule has 24 heavy (non-hydrogen) atoms. The van der Waals surface area contributed by atoms with Crippen LogP contribution in [-0.4, -0.2) is 21.9 Å². The van der Waals surface area contributed by atoms with Gasteiger partial charge < -0.3 is 10.6 Å². The van der Waals surface area contributed by atoms with Crippen molar-refractivity contribution in [1.82, 2.24) is 15.3 Å². The third-order valence-electron chi connectivity index (χ3n) is 3.95. The molecule has 0 unspecified atom stereocenters. The highest BCUT2D eigenvalue weighted by Gasteiger charge is 2.19. The second-order valence-corrected chi connectivity index (χ2v) is 6.73. The molecule has 2 aromatic rings. The van der Waals surface area contributed by atoms with E-state index in [4.69, 9.17) is 23.2 Å². The van der Waals surface area contributed by atoms with Crippen LogP contribution >= 0.6 is 23.2 Å².